The lowest BCUT2D eigenvalue weighted by Gasteiger charge is -2.33. The third-order valence-corrected chi connectivity index (χ3v) is 6.44. The molecule has 1 amide bonds. The van der Waals surface area contributed by atoms with E-state index in [4.69, 9.17) is 11.6 Å². The topological polar surface area (TPSA) is 66.5 Å². The van der Waals surface area contributed by atoms with E-state index in [1.54, 1.807) is 6.07 Å². The molecule has 0 radical (unpaired) electrons. The first kappa shape index (κ1) is 18.8. The molecule has 1 heterocycles. The number of piperidine rings is 1. The number of nitrogens with one attached hydrogen (secondary N) is 1. The van der Waals surface area contributed by atoms with Crippen molar-refractivity contribution in [1.82, 2.24) is 4.31 Å². The lowest BCUT2D eigenvalue weighted by atomic mass is 10.0. The summed E-state index contributed by atoms with van der Waals surface area (Å²) in [6.07, 6.45) is 1.83. The van der Waals surface area contributed by atoms with Crippen LogP contribution in [0.3, 0.4) is 0 Å². The second kappa shape index (κ2) is 7.73. The molecule has 2 aromatic carbocycles. The predicted molar refractivity (Wildman–Crippen MR) is 98.0 cm³/mol. The second-order valence-electron chi connectivity index (χ2n) is 6.08. The number of rotatable bonds is 4. The summed E-state index contributed by atoms with van der Waals surface area (Å²) in [5, 5.41) is 3.04. The zero-order valence-corrected chi connectivity index (χ0v) is 15.4. The molecule has 0 unspecified atom stereocenters. The monoisotopic (exact) mass is 396 g/mol. The van der Waals surface area contributed by atoms with Crippen LogP contribution < -0.4 is 5.32 Å². The van der Waals surface area contributed by atoms with Gasteiger partial charge in [0.15, 0.2) is 0 Å². The van der Waals surface area contributed by atoms with Gasteiger partial charge in [-0.15, -0.1) is 0 Å². The minimum Gasteiger partial charge on any atom is -0.325 e. The highest BCUT2D eigenvalue weighted by Crippen LogP contribution is 2.27. The number of hydrogen-bond donors (Lipinski definition) is 1. The first-order chi connectivity index (χ1) is 12.4. The summed E-state index contributed by atoms with van der Waals surface area (Å²) in [4.78, 5) is 12.8. The molecule has 1 saturated heterocycles. The highest BCUT2D eigenvalue weighted by molar-refractivity contribution is 7.89. The number of carbonyl (C=O) groups is 1. The summed E-state index contributed by atoms with van der Waals surface area (Å²) < 4.78 is 40.5. The van der Waals surface area contributed by atoms with Crippen molar-refractivity contribution in [2.45, 2.75) is 30.2 Å². The fraction of sp³-hybridized carbons (Fsp3) is 0.278. The van der Waals surface area contributed by atoms with E-state index in [-0.39, 0.29) is 11.4 Å². The summed E-state index contributed by atoms with van der Waals surface area (Å²) in [5.41, 5.74) is 0.296. The number of anilines is 1. The van der Waals surface area contributed by atoms with Crippen LogP contribution in [0.25, 0.3) is 0 Å². The van der Waals surface area contributed by atoms with Gasteiger partial charge in [-0.05, 0) is 55.3 Å². The minimum atomic E-state index is -3.83. The van der Waals surface area contributed by atoms with Gasteiger partial charge in [0.1, 0.15) is 11.9 Å². The molecular formula is C18H18ClFN2O3S. The van der Waals surface area contributed by atoms with Gasteiger partial charge in [0.25, 0.3) is 0 Å². The van der Waals surface area contributed by atoms with E-state index in [1.165, 1.54) is 46.8 Å². The molecule has 0 aliphatic carbocycles. The Balaban J connectivity index is 1.85. The molecule has 1 N–H and O–H groups in total. The fourth-order valence-electron chi connectivity index (χ4n) is 2.99. The molecule has 3 rings (SSSR count). The standard InChI is InChI=1S/C18H18ClFN2O3S/c19-13-7-9-16(10-8-13)26(24,25)22-11-2-1-6-17(22)18(23)21-15-5-3-4-14(20)12-15/h3-5,7-10,12,17H,1-2,6,11H2,(H,21,23)/t17-/m1/s1. The highest BCUT2D eigenvalue weighted by Gasteiger charge is 2.37. The van der Waals surface area contributed by atoms with Crippen LogP contribution in [-0.2, 0) is 14.8 Å². The van der Waals surface area contributed by atoms with Crippen LogP contribution in [0.1, 0.15) is 19.3 Å². The summed E-state index contributed by atoms with van der Waals surface area (Å²) >= 11 is 5.83. The molecule has 138 valence electrons. The van der Waals surface area contributed by atoms with Crippen LogP contribution in [0, 0.1) is 5.82 Å². The lowest BCUT2D eigenvalue weighted by Crippen LogP contribution is -2.49. The molecule has 0 aromatic heterocycles. The average Bonchev–Trinajstić information content (AvgIpc) is 2.62. The molecule has 2 aromatic rings. The average molecular weight is 397 g/mol. The van der Waals surface area contributed by atoms with Gasteiger partial charge >= 0.3 is 0 Å². The van der Waals surface area contributed by atoms with Crippen molar-refractivity contribution < 1.29 is 17.6 Å². The van der Waals surface area contributed by atoms with E-state index >= 15 is 0 Å². The molecule has 0 bridgehead atoms. The number of carbonyl (C=O) groups excluding carboxylic acids is 1. The summed E-state index contributed by atoms with van der Waals surface area (Å²) in [6, 6.07) is 10.5. The van der Waals surface area contributed by atoms with Gasteiger partial charge in [-0.25, -0.2) is 12.8 Å². The molecule has 1 fully saturated rings. The summed E-state index contributed by atoms with van der Waals surface area (Å²) in [5.74, 6) is -0.940. The normalized spacial score (nSPS) is 18.5. The number of nitrogens with zero attached hydrogens (tertiary/aromatic N) is 1. The Bertz CT molecular complexity index is 903. The second-order valence-corrected chi connectivity index (χ2v) is 8.41. The zero-order chi connectivity index (χ0) is 18.7. The largest absolute Gasteiger partial charge is 0.325 e. The Morgan fingerprint density at radius 1 is 1.15 bits per heavy atom. The van der Waals surface area contributed by atoms with Crippen LogP contribution in [0.4, 0.5) is 10.1 Å². The Morgan fingerprint density at radius 3 is 2.58 bits per heavy atom. The number of hydrogen-bond acceptors (Lipinski definition) is 3. The Hall–Kier alpha value is -1.96. The zero-order valence-electron chi connectivity index (χ0n) is 13.9. The lowest BCUT2D eigenvalue weighted by molar-refractivity contribution is -0.120. The van der Waals surface area contributed by atoms with Gasteiger partial charge in [0, 0.05) is 17.3 Å². The molecule has 1 atom stereocenters. The Labute approximate surface area is 156 Å². The van der Waals surface area contributed by atoms with Crippen LogP contribution >= 0.6 is 11.6 Å². The SMILES string of the molecule is O=C(Nc1cccc(F)c1)[C@H]1CCCCN1S(=O)(=O)c1ccc(Cl)cc1. The molecule has 8 heteroatoms. The van der Waals surface area contributed by atoms with Crippen molar-refractivity contribution in [2.75, 3.05) is 11.9 Å². The van der Waals surface area contributed by atoms with Gasteiger partial charge in [0.2, 0.25) is 15.9 Å². The molecule has 1 aliphatic heterocycles. The molecular weight excluding hydrogens is 379 g/mol. The maximum atomic E-state index is 13.3. The number of benzene rings is 2. The van der Waals surface area contributed by atoms with E-state index in [0.29, 0.717) is 23.6 Å². The van der Waals surface area contributed by atoms with Gasteiger partial charge in [-0.2, -0.15) is 4.31 Å². The van der Waals surface area contributed by atoms with E-state index < -0.39 is 27.8 Å². The first-order valence-corrected chi connectivity index (χ1v) is 10.0. The maximum Gasteiger partial charge on any atom is 0.243 e. The first-order valence-electron chi connectivity index (χ1n) is 8.22. The van der Waals surface area contributed by atoms with Crippen molar-refractivity contribution in [2.24, 2.45) is 0 Å². The van der Waals surface area contributed by atoms with Gasteiger partial charge in [-0.3, -0.25) is 4.79 Å². The number of amides is 1. The maximum absolute atomic E-state index is 13.3. The number of sulfonamides is 1. The summed E-state index contributed by atoms with van der Waals surface area (Å²) in [6.45, 7) is 0.256. The van der Waals surface area contributed by atoms with Crippen LogP contribution in [0.15, 0.2) is 53.4 Å². The summed E-state index contributed by atoms with van der Waals surface area (Å²) in [7, 11) is -3.83. The highest BCUT2D eigenvalue weighted by atomic mass is 35.5. The quantitative estimate of drug-likeness (QED) is 0.857. The van der Waals surface area contributed by atoms with Crippen molar-refractivity contribution in [3.8, 4) is 0 Å². The fourth-order valence-corrected chi connectivity index (χ4v) is 4.77. The Morgan fingerprint density at radius 2 is 1.88 bits per heavy atom. The molecule has 0 spiro atoms. The van der Waals surface area contributed by atoms with Gasteiger partial charge < -0.3 is 5.32 Å². The smallest absolute Gasteiger partial charge is 0.243 e. The van der Waals surface area contributed by atoms with Gasteiger partial charge in [-0.1, -0.05) is 24.1 Å². The van der Waals surface area contributed by atoms with Crippen molar-refractivity contribution >= 4 is 33.2 Å². The van der Waals surface area contributed by atoms with Crippen molar-refractivity contribution in [1.29, 1.82) is 0 Å². The molecule has 0 saturated carbocycles. The molecule has 5 nitrogen and oxygen atoms in total. The Kier molecular flexibility index (Phi) is 5.60. The number of halogens is 2. The predicted octanol–water partition coefficient (Wildman–Crippen LogP) is 3.66. The van der Waals surface area contributed by atoms with Crippen molar-refractivity contribution in [3.05, 3.63) is 59.4 Å². The molecule has 1 aliphatic rings. The van der Waals surface area contributed by atoms with E-state index in [0.717, 1.165) is 6.42 Å². The third-order valence-electron chi connectivity index (χ3n) is 4.27. The van der Waals surface area contributed by atoms with Crippen LogP contribution in [0.2, 0.25) is 5.02 Å². The van der Waals surface area contributed by atoms with Gasteiger partial charge in [0.05, 0.1) is 4.90 Å². The minimum absolute atomic E-state index is 0.0901. The van der Waals surface area contributed by atoms with E-state index in [1.807, 2.05) is 0 Å². The molecule has 26 heavy (non-hydrogen) atoms. The van der Waals surface area contributed by atoms with E-state index in [2.05, 4.69) is 5.32 Å². The van der Waals surface area contributed by atoms with Crippen LogP contribution in [-0.4, -0.2) is 31.2 Å². The van der Waals surface area contributed by atoms with Crippen molar-refractivity contribution in [3.63, 3.8) is 0 Å². The third kappa shape index (κ3) is 4.06. The van der Waals surface area contributed by atoms with E-state index in [9.17, 15) is 17.6 Å². The van der Waals surface area contributed by atoms with Crippen LogP contribution in [0.5, 0.6) is 0 Å².